The summed E-state index contributed by atoms with van der Waals surface area (Å²) in [5, 5.41) is 3.56. The van der Waals surface area contributed by atoms with E-state index in [9.17, 15) is 4.79 Å². The zero-order valence-electron chi connectivity index (χ0n) is 11.5. The Morgan fingerprint density at radius 3 is 2.86 bits per heavy atom. The fourth-order valence-electron chi connectivity index (χ4n) is 2.08. The van der Waals surface area contributed by atoms with Gasteiger partial charge in [-0.1, -0.05) is 11.6 Å². The van der Waals surface area contributed by atoms with Gasteiger partial charge in [-0.05, 0) is 42.5 Å². The number of benzene rings is 1. The fraction of sp³-hybridized carbons (Fsp3) is 0.0667. The molecule has 1 aliphatic heterocycles. The maximum Gasteiger partial charge on any atom is 0.281 e. The second-order valence-electron chi connectivity index (χ2n) is 4.46. The third-order valence-electron chi connectivity index (χ3n) is 3.10. The number of nitrogens with zero attached hydrogens (tertiary/aromatic N) is 1. The van der Waals surface area contributed by atoms with Crippen LogP contribution in [-0.2, 0) is 4.79 Å². The molecule has 1 aliphatic rings. The molecule has 0 unspecified atom stereocenters. The van der Waals surface area contributed by atoms with Crippen LogP contribution >= 0.6 is 23.8 Å². The normalized spacial score (nSPS) is 16.3. The van der Waals surface area contributed by atoms with Gasteiger partial charge in [-0.15, -0.1) is 0 Å². The Bertz CT molecular complexity index is 771. The number of methoxy groups -OCH3 is 1. The number of hydrogen-bond donors (Lipinski definition) is 1. The van der Waals surface area contributed by atoms with E-state index in [2.05, 4.69) is 5.32 Å². The first-order chi connectivity index (χ1) is 10.6. The fourth-order valence-corrected chi connectivity index (χ4v) is 2.63. The number of carbonyl (C=O) groups is 1. The van der Waals surface area contributed by atoms with Gasteiger partial charge in [0.05, 0.1) is 24.1 Å². The molecule has 2 aromatic rings. The quantitative estimate of drug-likeness (QED) is 0.690. The van der Waals surface area contributed by atoms with Gasteiger partial charge in [0.25, 0.3) is 5.91 Å². The SMILES string of the molecule is COc1ccc(N2C(=O)/C(=C\c3ccco3)NC2=S)cc1Cl. The van der Waals surface area contributed by atoms with E-state index in [1.54, 1.807) is 36.4 Å². The van der Waals surface area contributed by atoms with Crippen LogP contribution in [0.2, 0.25) is 5.02 Å². The molecule has 7 heteroatoms. The van der Waals surface area contributed by atoms with Crippen LogP contribution in [0.4, 0.5) is 5.69 Å². The number of furan rings is 1. The van der Waals surface area contributed by atoms with E-state index in [4.69, 9.17) is 33.0 Å². The number of ether oxygens (including phenoxy) is 1. The molecule has 1 amide bonds. The Morgan fingerprint density at radius 2 is 2.23 bits per heavy atom. The van der Waals surface area contributed by atoms with Crippen molar-refractivity contribution >= 4 is 46.6 Å². The molecule has 1 aromatic heterocycles. The summed E-state index contributed by atoms with van der Waals surface area (Å²) in [5.74, 6) is 0.818. The molecule has 22 heavy (non-hydrogen) atoms. The van der Waals surface area contributed by atoms with Crippen molar-refractivity contribution in [2.24, 2.45) is 0 Å². The average molecular weight is 335 g/mol. The van der Waals surface area contributed by atoms with Gasteiger partial charge >= 0.3 is 0 Å². The van der Waals surface area contributed by atoms with Crippen molar-refractivity contribution in [1.29, 1.82) is 0 Å². The third kappa shape index (κ3) is 2.58. The summed E-state index contributed by atoms with van der Waals surface area (Å²) < 4.78 is 10.3. The van der Waals surface area contributed by atoms with Crippen LogP contribution < -0.4 is 15.0 Å². The van der Waals surface area contributed by atoms with E-state index in [1.807, 2.05) is 0 Å². The average Bonchev–Trinajstić information content (AvgIpc) is 3.08. The van der Waals surface area contributed by atoms with Gasteiger partial charge in [0.2, 0.25) is 0 Å². The van der Waals surface area contributed by atoms with Gasteiger partial charge in [0, 0.05) is 6.08 Å². The molecule has 1 aromatic carbocycles. The molecular weight excluding hydrogens is 324 g/mol. The maximum absolute atomic E-state index is 12.5. The third-order valence-corrected chi connectivity index (χ3v) is 3.68. The molecule has 1 N–H and O–H groups in total. The number of halogens is 1. The number of amides is 1. The Morgan fingerprint density at radius 1 is 1.41 bits per heavy atom. The van der Waals surface area contributed by atoms with Crippen molar-refractivity contribution in [3.63, 3.8) is 0 Å². The Balaban J connectivity index is 1.93. The molecule has 1 saturated heterocycles. The van der Waals surface area contributed by atoms with Crippen molar-refractivity contribution in [1.82, 2.24) is 5.32 Å². The van der Waals surface area contributed by atoms with E-state index in [-0.39, 0.29) is 11.0 Å². The molecule has 0 aliphatic carbocycles. The predicted octanol–water partition coefficient (Wildman–Crippen LogP) is 3.20. The van der Waals surface area contributed by atoms with E-state index in [0.29, 0.717) is 27.9 Å². The molecular formula is C15H11ClN2O3S. The monoisotopic (exact) mass is 334 g/mol. The van der Waals surface area contributed by atoms with Crippen LogP contribution in [-0.4, -0.2) is 18.1 Å². The van der Waals surface area contributed by atoms with Crippen LogP contribution in [0.25, 0.3) is 6.08 Å². The van der Waals surface area contributed by atoms with Crippen LogP contribution in [0.1, 0.15) is 5.76 Å². The molecule has 1 fully saturated rings. The molecule has 0 atom stereocenters. The summed E-state index contributed by atoms with van der Waals surface area (Å²) in [5.41, 5.74) is 0.906. The van der Waals surface area contributed by atoms with E-state index < -0.39 is 0 Å². The summed E-state index contributed by atoms with van der Waals surface area (Å²) in [4.78, 5) is 13.9. The molecule has 112 valence electrons. The van der Waals surface area contributed by atoms with Crippen molar-refractivity contribution in [3.05, 3.63) is 53.1 Å². The first-order valence-electron chi connectivity index (χ1n) is 6.34. The van der Waals surface area contributed by atoms with Crippen LogP contribution in [0, 0.1) is 0 Å². The first kappa shape index (κ1) is 14.6. The lowest BCUT2D eigenvalue weighted by Crippen LogP contribution is -2.30. The van der Waals surface area contributed by atoms with Crippen LogP contribution in [0.3, 0.4) is 0 Å². The Kier molecular flexibility index (Phi) is 3.87. The molecule has 3 rings (SSSR count). The Hall–Kier alpha value is -2.31. The Labute approximate surface area is 137 Å². The minimum atomic E-state index is -0.275. The van der Waals surface area contributed by atoms with Gasteiger partial charge in [-0.2, -0.15) is 0 Å². The standard InChI is InChI=1S/C15H11ClN2O3S/c1-20-13-5-4-9(7-11(13)16)18-14(19)12(17-15(18)22)8-10-3-2-6-21-10/h2-8H,1H3,(H,17,22)/b12-8+. The lowest BCUT2D eigenvalue weighted by molar-refractivity contribution is -0.113. The topological polar surface area (TPSA) is 54.7 Å². The predicted molar refractivity (Wildman–Crippen MR) is 87.9 cm³/mol. The highest BCUT2D eigenvalue weighted by Gasteiger charge is 2.32. The maximum atomic E-state index is 12.5. The number of hydrogen-bond acceptors (Lipinski definition) is 4. The van der Waals surface area contributed by atoms with Crippen LogP contribution in [0.15, 0.2) is 46.7 Å². The summed E-state index contributed by atoms with van der Waals surface area (Å²) in [7, 11) is 1.53. The zero-order chi connectivity index (χ0) is 15.7. The smallest absolute Gasteiger partial charge is 0.281 e. The minimum Gasteiger partial charge on any atom is -0.495 e. The molecule has 0 radical (unpaired) electrons. The largest absolute Gasteiger partial charge is 0.495 e. The van der Waals surface area contributed by atoms with Gasteiger partial charge in [0.15, 0.2) is 5.11 Å². The van der Waals surface area contributed by atoms with Gasteiger partial charge in [-0.3, -0.25) is 9.69 Å². The second-order valence-corrected chi connectivity index (χ2v) is 5.26. The number of anilines is 1. The molecule has 0 spiro atoms. The molecule has 0 saturated carbocycles. The van der Waals surface area contributed by atoms with Crippen molar-refractivity contribution in [3.8, 4) is 5.75 Å². The lowest BCUT2D eigenvalue weighted by atomic mass is 10.2. The minimum absolute atomic E-state index is 0.275. The molecule has 2 heterocycles. The van der Waals surface area contributed by atoms with Crippen molar-refractivity contribution < 1.29 is 13.9 Å². The summed E-state index contributed by atoms with van der Waals surface area (Å²) >= 11 is 11.3. The highest BCUT2D eigenvalue weighted by Crippen LogP contribution is 2.31. The van der Waals surface area contributed by atoms with Gasteiger partial charge < -0.3 is 14.5 Å². The highest BCUT2D eigenvalue weighted by molar-refractivity contribution is 7.80. The summed E-state index contributed by atoms with van der Waals surface area (Å²) in [6.45, 7) is 0. The van der Waals surface area contributed by atoms with E-state index >= 15 is 0 Å². The molecule has 0 bridgehead atoms. The number of thiocarbonyl (C=S) groups is 1. The summed E-state index contributed by atoms with van der Waals surface area (Å²) in [6, 6.07) is 8.51. The lowest BCUT2D eigenvalue weighted by Gasteiger charge is -2.15. The first-order valence-corrected chi connectivity index (χ1v) is 7.13. The van der Waals surface area contributed by atoms with Crippen molar-refractivity contribution in [2.45, 2.75) is 0 Å². The number of nitrogens with one attached hydrogen (secondary N) is 1. The molecule has 5 nitrogen and oxygen atoms in total. The summed E-state index contributed by atoms with van der Waals surface area (Å²) in [6.07, 6.45) is 3.13. The van der Waals surface area contributed by atoms with Crippen LogP contribution in [0.5, 0.6) is 5.75 Å². The number of rotatable bonds is 3. The van der Waals surface area contributed by atoms with Gasteiger partial charge in [0.1, 0.15) is 17.2 Å². The second kappa shape index (κ2) is 5.82. The van der Waals surface area contributed by atoms with Crippen molar-refractivity contribution in [2.75, 3.05) is 12.0 Å². The van der Waals surface area contributed by atoms with Gasteiger partial charge in [-0.25, -0.2) is 0 Å². The highest BCUT2D eigenvalue weighted by atomic mass is 35.5. The number of carbonyl (C=O) groups excluding carboxylic acids is 1. The van der Waals surface area contributed by atoms with E-state index in [0.717, 1.165) is 0 Å². The van der Waals surface area contributed by atoms with E-state index in [1.165, 1.54) is 18.3 Å². The zero-order valence-corrected chi connectivity index (χ0v) is 13.1.